The van der Waals surface area contributed by atoms with Gasteiger partial charge in [0, 0.05) is 10.5 Å². The molecule has 1 heterocycles. The van der Waals surface area contributed by atoms with E-state index in [0.29, 0.717) is 22.2 Å². The molecule has 0 aliphatic carbocycles. The number of nitro groups is 1. The normalized spacial score (nSPS) is 12.3. The molecule has 0 saturated carbocycles. The Labute approximate surface area is 123 Å². The third kappa shape index (κ3) is 3.20. The number of hydrogen-bond acceptors (Lipinski definition) is 5. The number of aliphatic hydroxyl groups is 1. The number of hydrogen-bond donors (Lipinski definition) is 1. The van der Waals surface area contributed by atoms with Crippen LogP contribution < -0.4 is 0 Å². The Balaban J connectivity index is 2.26. The Hall–Kier alpha value is -1.80. The third-order valence-corrected chi connectivity index (χ3v) is 3.35. The highest BCUT2D eigenvalue weighted by Crippen LogP contribution is 2.24. The van der Waals surface area contributed by atoms with Crippen LogP contribution in [-0.2, 0) is 6.54 Å². The molecule has 0 radical (unpaired) electrons. The van der Waals surface area contributed by atoms with E-state index >= 15 is 0 Å². The van der Waals surface area contributed by atoms with Crippen molar-refractivity contribution in [2.75, 3.05) is 0 Å². The van der Waals surface area contributed by atoms with Crippen LogP contribution in [0.3, 0.4) is 0 Å². The minimum Gasteiger partial charge on any atom is -0.387 e. The Bertz CT molecular complexity index is 629. The first-order chi connectivity index (χ1) is 9.51. The first-order valence-corrected chi connectivity index (χ1v) is 6.81. The van der Waals surface area contributed by atoms with E-state index < -0.39 is 11.0 Å². The minimum atomic E-state index is -0.663. The van der Waals surface area contributed by atoms with Crippen LogP contribution in [0.5, 0.6) is 0 Å². The highest BCUT2D eigenvalue weighted by Gasteiger charge is 2.16. The molecule has 0 aliphatic rings. The number of aliphatic hydroxyl groups excluding tert-OH is 1. The average molecular weight is 341 g/mol. The first kappa shape index (κ1) is 14.6. The van der Waals surface area contributed by atoms with Crippen LogP contribution in [0.2, 0.25) is 0 Å². The fourth-order valence-electron chi connectivity index (χ4n) is 1.77. The zero-order valence-corrected chi connectivity index (χ0v) is 12.3. The van der Waals surface area contributed by atoms with Gasteiger partial charge in [-0.05, 0) is 18.6 Å². The maximum Gasteiger partial charge on any atom is 0.275 e. The van der Waals surface area contributed by atoms with Gasteiger partial charge in [0.25, 0.3) is 5.69 Å². The highest BCUT2D eigenvalue weighted by molar-refractivity contribution is 9.10. The molecule has 0 fully saturated rings. The molecule has 1 N–H and O–H groups in total. The lowest BCUT2D eigenvalue weighted by Crippen LogP contribution is -2.04. The quantitative estimate of drug-likeness (QED) is 0.666. The monoisotopic (exact) mass is 340 g/mol. The predicted octanol–water partition coefficient (Wildman–Crippen LogP) is 2.44. The molecule has 1 aromatic carbocycles. The molecule has 0 aliphatic heterocycles. The molecule has 0 bridgehead atoms. The molecular weight excluding hydrogens is 328 g/mol. The molecule has 0 amide bonds. The number of nitrogens with zero attached hydrogens (tertiary/aromatic N) is 4. The van der Waals surface area contributed by atoms with Crippen molar-refractivity contribution in [3.8, 4) is 0 Å². The first-order valence-electron chi connectivity index (χ1n) is 6.02. The number of nitro benzene ring substituents is 1. The van der Waals surface area contributed by atoms with Gasteiger partial charge in [-0.3, -0.25) is 10.1 Å². The third-order valence-electron chi connectivity index (χ3n) is 2.86. The minimum absolute atomic E-state index is 0.0208. The molecule has 0 saturated heterocycles. The van der Waals surface area contributed by atoms with E-state index in [-0.39, 0.29) is 12.2 Å². The lowest BCUT2D eigenvalue weighted by atomic mass is 10.2. The van der Waals surface area contributed by atoms with Crippen molar-refractivity contribution in [3.05, 3.63) is 50.2 Å². The van der Waals surface area contributed by atoms with Crippen molar-refractivity contribution in [1.82, 2.24) is 15.0 Å². The van der Waals surface area contributed by atoms with E-state index in [9.17, 15) is 15.2 Å². The second-order valence-corrected chi connectivity index (χ2v) is 5.21. The van der Waals surface area contributed by atoms with Gasteiger partial charge in [-0.1, -0.05) is 28.1 Å². The standard InChI is InChI=1S/C12H13BrN4O3/c1-2-12(18)10-7-16(15-14-10)6-8-3-4-9(13)5-11(8)17(19)20/h3-5,7,12,18H,2,6H2,1H3. The predicted molar refractivity (Wildman–Crippen MR) is 75.2 cm³/mol. The molecule has 7 nitrogen and oxygen atoms in total. The lowest BCUT2D eigenvalue weighted by Gasteiger charge is -2.03. The van der Waals surface area contributed by atoms with Crippen molar-refractivity contribution < 1.29 is 10.0 Å². The van der Waals surface area contributed by atoms with Crippen LogP contribution in [0.25, 0.3) is 0 Å². The van der Waals surface area contributed by atoms with Crippen molar-refractivity contribution in [2.24, 2.45) is 0 Å². The molecule has 1 atom stereocenters. The van der Waals surface area contributed by atoms with Crippen molar-refractivity contribution in [2.45, 2.75) is 26.0 Å². The van der Waals surface area contributed by atoms with Gasteiger partial charge in [0.1, 0.15) is 5.69 Å². The summed E-state index contributed by atoms with van der Waals surface area (Å²) in [5.74, 6) is 0. The van der Waals surface area contributed by atoms with Crippen LogP contribution in [0, 0.1) is 10.1 Å². The smallest absolute Gasteiger partial charge is 0.275 e. The van der Waals surface area contributed by atoms with Gasteiger partial charge in [-0.2, -0.15) is 0 Å². The van der Waals surface area contributed by atoms with Crippen LogP contribution in [0.4, 0.5) is 5.69 Å². The van der Waals surface area contributed by atoms with Crippen LogP contribution in [-0.4, -0.2) is 25.0 Å². The number of halogens is 1. The molecule has 2 aromatic rings. The van der Waals surface area contributed by atoms with E-state index in [2.05, 4.69) is 26.2 Å². The molecular formula is C12H13BrN4O3. The Kier molecular flexibility index (Phi) is 4.46. The summed E-state index contributed by atoms with van der Waals surface area (Å²) in [6.45, 7) is 2.07. The van der Waals surface area contributed by atoms with Crippen molar-refractivity contribution >= 4 is 21.6 Å². The molecule has 0 spiro atoms. The number of benzene rings is 1. The summed E-state index contributed by atoms with van der Waals surface area (Å²) in [4.78, 5) is 10.6. The lowest BCUT2D eigenvalue weighted by molar-refractivity contribution is -0.385. The Morgan fingerprint density at radius 1 is 1.55 bits per heavy atom. The zero-order valence-electron chi connectivity index (χ0n) is 10.7. The van der Waals surface area contributed by atoms with E-state index in [1.165, 1.54) is 10.7 Å². The summed E-state index contributed by atoms with van der Waals surface area (Å²) in [6.07, 6.45) is 1.47. The van der Waals surface area contributed by atoms with E-state index in [4.69, 9.17) is 0 Å². The highest BCUT2D eigenvalue weighted by atomic mass is 79.9. The summed E-state index contributed by atoms with van der Waals surface area (Å²) >= 11 is 3.21. The van der Waals surface area contributed by atoms with E-state index in [1.807, 2.05) is 6.92 Å². The molecule has 1 unspecified atom stereocenters. The van der Waals surface area contributed by atoms with Crippen molar-refractivity contribution in [1.29, 1.82) is 0 Å². The van der Waals surface area contributed by atoms with Gasteiger partial charge in [0.2, 0.25) is 0 Å². The topological polar surface area (TPSA) is 94.1 Å². The summed E-state index contributed by atoms with van der Waals surface area (Å²) in [5.41, 5.74) is 1.01. The van der Waals surface area contributed by atoms with E-state index in [1.54, 1.807) is 18.3 Å². The fraction of sp³-hybridized carbons (Fsp3) is 0.333. The number of rotatable bonds is 5. The van der Waals surface area contributed by atoms with Gasteiger partial charge < -0.3 is 5.11 Å². The molecule has 2 rings (SSSR count). The molecule has 106 valence electrons. The van der Waals surface area contributed by atoms with Gasteiger partial charge >= 0.3 is 0 Å². The maximum atomic E-state index is 11.0. The maximum absolute atomic E-state index is 11.0. The van der Waals surface area contributed by atoms with Gasteiger partial charge in [-0.25, -0.2) is 4.68 Å². The van der Waals surface area contributed by atoms with Gasteiger partial charge in [0.05, 0.1) is 29.3 Å². The Morgan fingerprint density at radius 3 is 2.95 bits per heavy atom. The van der Waals surface area contributed by atoms with E-state index in [0.717, 1.165) is 0 Å². The largest absolute Gasteiger partial charge is 0.387 e. The molecule has 1 aromatic heterocycles. The number of aromatic nitrogens is 3. The summed E-state index contributed by atoms with van der Waals surface area (Å²) < 4.78 is 2.12. The van der Waals surface area contributed by atoms with Gasteiger partial charge in [0.15, 0.2) is 0 Å². The van der Waals surface area contributed by atoms with Crippen LogP contribution in [0.15, 0.2) is 28.9 Å². The SMILES string of the molecule is CCC(O)c1cn(Cc2ccc(Br)cc2[N+](=O)[O-])nn1. The van der Waals surface area contributed by atoms with Gasteiger partial charge in [-0.15, -0.1) is 5.10 Å². The summed E-state index contributed by atoms with van der Waals surface area (Å²) in [6, 6.07) is 4.86. The summed E-state index contributed by atoms with van der Waals surface area (Å²) in [7, 11) is 0. The van der Waals surface area contributed by atoms with Crippen LogP contribution >= 0.6 is 15.9 Å². The second kappa shape index (κ2) is 6.10. The molecule has 20 heavy (non-hydrogen) atoms. The van der Waals surface area contributed by atoms with Crippen molar-refractivity contribution in [3.63, 3.8) is 0 Å². The zero-order chi connectivity index (χ0) is 14.7. The van der Waals surface area contributed by atoms with Crippen LogP contribution in [0.1, 0.15) is 30.7 Å². The molecule has 8 heteroatoms. The average Bonchev–Trinajstić information content (AvgIpc) is 2.88. The fourth-order valence-corrected chi connectivity index (χ4v) is 2.12. The summed E-state index contributed by atoms with van der Waals surface area (Å²) in [5, 5.41) is 28.4. The second-order valence-electron chi connectivity index (χ2n) is 4.30. The Morgan fingerprint density at radius 2 is 2.30 bits per heavy atom.